The molecule has 0 saturated carbocycles. The number of para-hydroxylation sites is 1. The van der Waals surface area contributed by atoms with Crippen molar-refractivity contribution in [1.29, 1.82) is 0 Å². The lowest BCUT2D eigenvalue weighted by molar-refractivity contribution is -0.129. The number of Topliss-reactive ketones (excluding diaryl/α,β-unsaturated/α-hetero) is 1. The molecule has 0 saturated heterocycles. The summed E-state index contributed by atoms with van der Waals surface area (Å²) in [6, 6.07) is 13.6. The number of fused-ring (bicyclic) bond motifs is 1. The normalized spacial score (nSPS) is 15.7. The molecule has 0 aliphatic carbocycles. The lowest BCUT2D eigenvalue weighted by Gasteiger charge is -2.29. The second-order valence-corrected chi connectivity index (χ2v) is 9.28. The van der Waals surface area contributed by atoms with E-state index in [0.29, 0.717) is 47.7 Å². The summed E-state index contributed by atoms with van der Waals surface area (Å²) >= 11 is 0. The number of aliphatic hydroxyl groups excluding tert-OH is 1. The van der Waals surface area contributed by atoms with Gasteiger partial charge >= 0.3 is 0 Å². The SMILES string of the molecule is CCCCOc1ccc(C2C(C(=O)c3cc4cccc(OC)c4o3)=C(O)C(=O)N2CCN(CC)CC)cc1. The van der Waals surface area contributed by atoms with Crippen LogP contribution in [0.4, 0.5) is 0 Å². The molecule has 8 heteroatoms. The Morgan fingerprint density at radius 3 is 2.50 bits per heavy atom. The van der Waals surface area contributed by atoms with Crippen molar-refractivity contribution < 1.29 is 28.6 Å². The van der Waals surface area contributed by atoms with Crippen LogP contribution in [0.15, 0.2) is 64.3 Å². The molecule has 0 bridgehead atoms. The Morgan fingerprint density at radius 2 is 1.84 bits per heavy atom. The number of furan rings is 1. The van der Waals surface area contributed by atoms with Gasteiger partial charge in [-0.1, -0.05) is 51.5 Å². The van der Waals surface area contributed by atoms with E-state index in [1.165, 1.54) is 7.11 Å². The topological polar surface area (TPSA) is 92.4 Å². The van der Waals surface area contributed by atoms with E-state index in [9.17, 15) is 14.7 Å². The minimum Gasteiger partial charge on any atom is -0.503 e. The molecule has 1 unspecified atom stereocenters. The first-order valence-electron chi connectivity index (χ1n) is 13.2. The maximum atomic E-state index is 13.8. The lowest BCUT2D eigenvalue weighted by Crippen LogP contribution is -2.38. The minimum absolute atomic E-state index is 0.00669. The van der Waals surface area contributed by atoms with Crippen molar-refractivity contribution in [2.45, 2.75) is 39.7 Å². The van der Waals surface area contributed by atoms with Gasteiger partial charge in [0.15, 0.2) is 22.9 Å². The summed E-state index contributed by atoms with van der Waals surface area (Å²) in [5.41, 5.74) is 1.15. The smallest absolute Gasteiger partial charge is 0.290 e. The van der Waals surface area contributed by atoms with Gasteiger partial charge in [-0.05, 0) is 49.3 Å². The predicted molar refractivity (Wildman–Crippen MR) is 146 cm³/mol. The van der Waals surface area contributed by atoms with Gasteiger partial charge in [0.2, 0.25) is 5.78 Å². The highest BCUT2D eigenvalue weighted by Crippen LogP contribution is 2.40. The second-order valence-electron chi connectivity index (χ2n) is 9.28. The van der Waals surface area contributed by atoms with Gasteiger partial charge in [0.25, 0.3) is 5.91 Å². The largest absolute Gasteiger partial charge is 0.503 e. The van der Waals surface area contributed by atoms with Crippen LogP contribution in [0.5, 0.6) is 11.5 Å². The van der Waals surface area contributed by atoms with Crippen LogP contribution in [0.25, 0.3) is 11.0 Å². The molecule has 1 N–H and O–H groups in total. The molecule has 1 aromatic heterocycles. The first kappa shape index (κ1) is 27.3. The monoisotopic (exact) mass is 520 g/mol. The molecule has 8 nitrogen and oxygen atoms in total. The first-order chi connectivity index (χ1) is 18.4. The molecule has 2 heterocycles. The minimum atomic E-state index is -0.759. The molecule has 4 rings (SSSR count). The second kappa shape index (κ2) is 12.2. The number of unbranched alkanes of at least 4 members (excludes halogenated alkanes) is 1. The molecule has 202 valence electrons. The number of hydrogen-bond acceptors (Lipinski definition) is 7. The number of methoxy groups -OCH3 is 1. The van der Waals surface area contributed by atoms with Crippen LogP contribution in [-0.4, -0.2) is 66.5 Å². The molecule has 1 aliphatic heterocycles. The molecule has 2 aromatic carbocycles. The maximum Gasteiger partial charge on any atom is 0.290 e. The van der Waals surface area contributed by atoms with E-state index in [4.69, 9.17) is 13.9 Å². The third-order valence-corrected chi connectivity index (χ3v) is 7.01. The highest BCUT2D eigenvalue weighted by Gasteiger charge is 2.44. The van der Waals surface area contributed by atoms with Crippen LogP contribution >= 0.6 is 0 Å². The average Bonchev–Trinajstić information content (AvgIpc) is 3.49. The van der Waals surface area contributed by atoms with Gasteiger partial charge in [0, 0.05) is 18.5 Å². The van der Waals surface area contributed by atoms with Gasteiger partial charge in [-0.3, -0.25) is 9.59 Å². The zero-order valence-corrected chi connectivity index (χ0v) is 22.5. The number of benzene rings is 2. The number of hydrogen-bond donors (Lipinski definition) is 1. The molecule has 0 radical (unpaired) electrons. The van der Waals surface area contributed by atoms with Gasteiger partial charge < -0.3 is 28.8 Å². The van der Waals surface area contributed by atoms with Crippen molar-refractivity contribution in [2.75, 3.05) is 39.9 Å². The maximum absolute atomic E-state index is 13.8. The standard InChI is InChI=1S/C30H36N2O6/c1-5-8-18-37-22-14-12-20(13-15-22)26-25(28(34)30(35)32(26)17-16-31(6-2)7-3)27(33)24-19-21-10-9-11-23(36-4)29(21)38-24/h9-15,19,26,34H,5-8,16-18H2,1-4H3. The summed E-state index contributed by atoms with van der Waals surface area (Å²) < 4.78 is 17.1. The highest BCUT2D eigenvalue weighted by molar-refractivity contribution is 6.16. The Bertz CT molecular complexity index is 1310. The number of ketones is 1. The summed E-state index contributed by atoms with van der Waals surface area (Å²) in [6.07, 6.45) is 1.99. The quantitative estimate of drug-likeness (QED) is 0.234. The molecule has 0 spiro atoms. The number of amides is 1. The molecular formula is C30H36N2O6. The summed E-state index contributed by atoms with van der Waals surface area (Å²) in [5, 5.41) is 11.7. The van der Waals surface area contributed by atoms with Gasteiger partial charge in [0.05, 0.1) is 25.3 Å². The lowest BCUT2D eigenvalue weighted by atomic mass is 9.95. The van der Waals surface area contributed by atoms with E-state index < -0.39 is 23.5 Å². The van der Waals surface area contributed by atoms with Crippen molar-refractivity contribution in [1.82, 2.24) is 9.80 Å². The van der Waals surface area contributed by atoms with Crippen molar-refractivity contribution in [3.8, 4) is 11.5 Å². The van der Waals surface area contributed by atoms with Crippen molar-refractivity contribution in [2.24, 2.45) is 0 Å². The fourth-order valence-corrected chi connectivity index (χ4v) is 4.77. The van der Waals surface area contributed by atoms with E-state index in [2.05, 4.69) is 25.7 Å². The molecule has 1 aliphatic rings. The Morgan fingerprint density at radius 1 is 1.11 bits per heavy atom. The fourth-order valence-electron chi connectivity index (χ4n) is 4.77. The third-order valence-electron chi connectivity index (χ3n) is 7.01. The summed E-state index contributed by atoms with van der Waals surface area (Å²) in [6.45, 7) is 9.48. The molecular weight excluding hydrogens is 484 g/mol. The fraction of sp³-hybridized carbons (Fsp3) is 0.400. The van der Waals surface area contributed by atoms with Crippen LogP contribution < -0.4 is 9.47 Å². The summed E-state index contributed by atoms with van der Waals surface area (Å²) in [5.74, 6) is -0.399. The van der Waals surface area contributed by atoms with E-state index in [-0.39, 0.29) is 11.3 Å². The molecule has 0 fully saturated rings. The van der Waals surface area contributed by atoms with Crippen LogP contribution in [0.3, 0.4) is 0 Å². The first-order valence-corrected chi connectivity index (χ1v) is 13.2. The van der Waals surface area contributed by atoms with E-state index in [1.54, 1.807) is 17.0 Å². The van der Waals surface area contributed by atoms with Crippen LogP contribution in [0.1, 0.15) is 55.8 Å². The van der Waals surface area contributed by atoms with Crippen molar-refractivity contribution >= 4 is 22.7 Å². The third kappa shape index (κ3) is 5.41. The summed E-state index contributed by atoms with van der Waals surface area (Å²) in [7, 11) is 1.53. The number of carbonyl (C=O) groups excluding carboxylic acids is 2. The number of rotatable bonds is 13. The zero-order valence-electron chi connectivity index (χ0n) is 22.5. The van der Waals surface area contributed by atoms with Gasteiger partial charge in [-0.25, -0.2) is 0 Å². The Labute approximate surface area is 223 Å². The van der Waals surface area contributed by atoms with Crippen LogP contribution in [-0.2, 0) is 4.79 Å². The van der Waals surface area contributed by atoms with Crippen LogP contribution in [0, 0.1) is 0 Å². The number of ether oxygens (including phenoxy) is 2. The summed E-state index contributed by atoms with van der Waals surface area (Å²) in [4.78, 5) is 30.9. The Hall–Kier alpha value is -3.78. The Kier molecular flexibility index (Phi) is 8.73. The van der Waals surface area contributed by atoms with Gasteiger partial charge in [0.1, 0.15) is 5.75 Å². The average molecular weight is 521 g/mol. The molecule has 1 amide bonds. The number of likely N-dealkylation sites (N-methyl/N-ethyl adjacent to an activating group) is 1. The van der Waals surface area contributed by atoms with Gasteiger partial charge in [-0.15, -0.1) is 0 Å². The van der Waals surface area contributed by atoms with Crippen molar-refractivity contribution in [3.05, 3.63) is 71.2 Å². The predicted octanol–water partition coefficient (Wildman–Crippen LogP) is 5.54. The zero-order chi connectivity index (χ0) is 27.2. The molecule has 38 heavy (non-hydrogen) atoms. The van der Waals surface area contributed by atoms with E-state index in [1.807, 2.05) is 36.4 Å². The highest BCUT2D eigenvalue weighted by atomic mass is 16.5. The number of nitrogens with zero attached hydrogens (tertiary/aromatic N) is 2. The number of aliphatic hydroxyl groups is 1. The van der Waals surface area contributed by atoms with Crippen LogP contribution in [0.2, 0.25) is 0 Å². The van der Waals surface area contributed by atoms with Gasteiger partial charge in [-0.2, -0.15) is 0 Å². The van der Waals surface area contributed by atoms with E-state index >= 15 is 0 Å². The van der Waals surface area contributed by atoms with Crippen molar-refractivity contribution in [3.63, 3.8) is 0 Å². The number of carbonyl (C=O) groups is 2. The van der Waals surface area contributed by atoms with E-state index in [0.717, 1.165) is 25.9 Å². The molecule has 1 atom stereocenters. The Balaban J connectivity index is 1.71. The molecule has 3 aromatic rings.